The second kappa shape index (κ2) is 5.61. The van der Waals surface area contributed by atoms with E-state index in [9.17, 15) is 4.79 Å². The van der Waals surface area contributed by atoms with Crippen LogP contribution in [0.1, 0.15) is 46.0 Å². The number of ether oxygens (including phenoxy) is 1. The average Bonchev–Trinajstić information content (AvgIpc) is 2.17. The first kappa shape index (κ1) is 12.7. The third-order valence-electron chi connectivity index (χ3n) is 3.17. The van der Waals surface area contributed by atoms with Crippen LogP contribution in [-0.2, 0) is 9.53 Å². The second-order valence-electron chi connectivity index (χ2n) is 4.83. The maximum Gasteiger partial charge on any atom is 0.178 e. The normalized spacial score (nSPS) is 31.5. The fourth-order valence-corrected chi connectivity index (χ4v) is 2.30. The van der Waals surface area contributed by atoms with Gasteiger partial charge in [-0.05, 0) is 25.2 Å². The summed E-state index contributed by atoms with van der Waals surface area (Å²) in [6.45, 7) is 5.04. The van der Waals surface area contributed by atoms with E-state index in [4.69, 9.17) is 10.5 Å². The molecule has 0 bridgehead atoms. The van der Waals surface area contributed by atoms with Gasteiger partial charge in [-0.2, -0.15) is 0 Å². The van der Waals surface area contributed by atoms with E-state index in [0.717, 1.165) is 25.7 Å². The van der Waals surface area contributed by atoms with Crippen LogP contribution in [0.4, 0.5) is 0 Å². The van der Waals surface area contributed by atoms with Crippen molar-refractivity contribution in [3.63, 3.8) is 0 Å². The van der Waals surface area contributed by atoms with Crippen LogP contribution in [0.15, 0.2) is 0 Å². The quantitative estimate of drug-likeness (QED) is 0.709. The van der Waals surface area contributed by atoms with Gasteiger partial charge in [0.1, 0.15) is 6.61 Å². The maximum atomic E-state index is 11.9. The molecule has 1 rings (SSSR count). The molecule has 0 aliphatic heterocycles. The molecular formula is C12H23NO2. The van der Waals surface area contributed by atoms with Crippen molar-refractivity contribution in [1.82, 2.24) is 0 Å². The molecule has 0 aromatic rings. The van der Waals surface area contributed by atoms with E-state index in [1.807, 2.05) is 6.92 Å². The van der Waals surface area contributed by atoms with E-state index in [0.29, 0.717) is 12.5 Å². The van der Waals surface area contributed by atoms with Gasteiger partial charge in [0, 0.05) is 6.61 Å². The van der Waals surface area contributed by atoms with Crippen LogP contribution in [0.5, 0.6) is 0 Å². The van der Waals surface area contributed by atoms with E-state index in [1.165, 1.54) is 6.42 Å². The first-order chi connectivity index (χ1) is 7.08. The molecule has 0 amide bonds. The Hall–Kier alpha value is -0.410. The minimum Gasteiger partial charge on any atom is -0.374 e. The van der Waals surface area contributed by atoms with Gasteiger partial charge in [0.15, 0.2) is 5.78 Å². The second-order valence-corrected chi connectivity index (χ2v) is 4.83. The molecule has 0 aromatic carbocycles. The van der Waals surface area contributed by atoms with Crippen LogP contribution in [0, 0.1) is 5.92 Å². The number of hydrogen-bond donors (Lipinski definition) is 1. The number of carbonyl (C=O) groups excluding carboxylic acids is 1. The Bertz CT molecular complexity index is 218. The molecular weight excluding hydrogens is 190 g/mol. The zero-order valence-corrected chi connectivity index (χ0v) is 9.92. The van der Waals surface area contributed by atoms with Crippen LogP contribution in [-0.4, -0.2) is 24.5 Å². The van der Waals surface area contributed by atoms with Gasteiger partial charge in [-0.1, -0.05) is 26.7 Å². The van der Waals surface area contributed by atoms with E-state index in [-0.39, 0.29) is 12.4 Å². The first-order valence-corrected chi connectivity index (χ1v) is 5.98. The van der Waals surface area contributed by atoms with E-state index in [1.54, 1.807) is 0 Å². The summed E-state index contributed by atoms with van der Waals surface area (Å²) in [5.74, 6) is 0.654. The lowest BCUT2D eigenvalue weighted by Crippen LogP contribution is -2.52. The minimum absolute atomic E-state index is 0.0856. The fraction of sp³-hybridized carbons (Fsp3) is 0.917. The molecule has 1 saturated carbocycles. The molecule has 2 atom stereocenters. The highest BCUT2D eigenvalue weighted by Crippen LogP contribution is 2.31. The molecule has 2 unspecified atom stereocenters. The lowest BCUT2D eigenvalue weighted by molar-refractivity contribution is -0.130. The summed E-state index contributed by atoms with van der Waals surface area (Å²) in [6, 6.07) is 0. The average molecular weight is 213 g/mol. The van der Waals surface area contributed by atoms with E-state index < -0.39 is 5.54 Å². The first-order valence-electron chi connectivity index (χ1n) is 5.98. The number of carbonyl (C=O) groups is 1. The molecule has 0 radical (unpaired) electrons. The molecule has 0 spiro atoms. The van der Waals surface area contributed by atoms with Crippen molar-refractivity contribution in [1.29, 1.82) is 0 Å². The van der Waals surface area contributed by atoms with Crippen molar-refractivity contribution >= 4 is 5.78 Å². The lowest BCUT2D eigenvalue weighted by Gasteiger charge is -2.35. The van der Waals surface area contributed by atoms with Crippen molar-refractivity contribution in [2.75, 3.05) is 13.2 Å². The molecule has 1 fully saturated rings. The van der Waals surface area contributed by atoms with Gasteiger partial charge in [-0.3, -0.25) is 4.79 Å². The largest absolute Gasteiger partial charge is 0.374 e. The topological polar surface area (TPSA) is 52.3 Å². The van der Waals surface area contributed by atoms with Crippen molar-refractivity contribution in [2.24, 2.45) is 11.7 Å². The number of nitrogens with two attached hydrogens (primary N) is 1. The summed E-state index contributed by atoms with van der Waals surface area (Å²) in [7, 11) is 0. The zero-order chi connectivity index (χ0) is 11.3. The highest BCUT2D eigenvalue weighted by Gasteiger charge is 2.37. The van der Waals surface area contributed by atoms with E-state index in [2.05, 4.69) is 6.92 Å². The van der Waals surface area contributed by atoms with Crippen LogP contribution >= 0.6 is 0 Å². The van der Waals surface area contributed by atoms with Gasteiger partial charge in [0.2, 0.25) is 0 Å². The molecule has 15 heavy (non-hydrogen) atoms. The van der Waals surface area contributed by atoms with Crippen LogP contribution < -0.4 is 5.73 Å². The molecule has 2 N–H and O–H groups in total. The Morgan fingerprint density at radius 2 is 2.33 bits per heavy atom. The van der Waals surface area contributed by atoms with Crippen molar-refractivity contribution in [2.45, 2.75) is 51.5 Å². The Labute approximate surface area is 92.4 Å². The monoisotopic (exact) mass is 213 g/mol. The predicted molar refractivity (Wildman–Crippen MR) is 60.7 cm³/mol. The van der Waals surface area contributed by atoms with Crippen LogP contribution in [0.25, 0.3) is 0 Å². The Balaban J connectivity index is 2.41. The SMILES string of the molecule is CCCOCC(=O)C1(N)CCCC(C)C1. The molecule has 1 aliphatic carbocycles. The summed E-state index contributed by atoms with van der Waals surface area (Å²) in [6.07, 6.45) is 4.85. The molecule has 3 nitrogen and oxygen atoms in total. The predicted octanol–water partition coefficient (Wildman–Crippen LogP) is 1.89. The number of Topliss-reactive ketones (excluding diaryl/α,β-unsaturated/α-hetero) is 1. The Morgan fingerprint density at radius 3 is 2.93 bits per heavy atom. The molecule has 0 aromatic heterocycles. The fourth-order valence-electron chi connectivity index (χ4n) is 2.30. The van der Waals surface area contributed by atoms with Gasteiger partial charge in [0.25, 0.3) is 0 Å². The van der Waals surface area contributed by atoms with Crippen LogP contribution in [0.3, 0.4) is 0 Å². The molecule has 1 aliphatic rings. The number of rotatable bonds is 5. The number of hydrogen-bond acceptors (Lipinski definition) is 3. The van der Waals surface area contributed by atoms with Gasteiger partial charge >= 0.3 is 0 Å². The maximum absolute atomic E-state index is 11.9. The minimum atomic E-state index is -0.606. The molecule has 88 valence electrons. The van der Waals surface area contributed by atoms with Crippen molar-refractivity contribution < 1.29 is 9.53 Å². The summed E-state index contributed by atoms with van der Waals surface area (Å²) in [5.41, 5.74) is 5.54. The lowest BCUT2D eigenvalue weighted by atomic mass is 9.75. The highest BCUT2D eigenvalue weighted by atomic mass is 16.5. The molecule has 3 heteroatoms. The summed E-state index contributed by atoms with van der Waals surface area (Å²) < 4.78 is 5.27. The molecule has 0 saturated heterocycles. The summed E-state index contributed by atoms with van der Waals surface area (Å²) >= 11 is 0. The summed E-state index contributed by atoms with van der Waals surface area (Å²) in [5, 5.41) is 0. The van der Waals surface area contributed by atoms with Gasteiger partial charge in [-0.25, -0.2) is 0 Å². The summed E-state index contributed by atoms with van der Waals surface area (Å²) in [4.78, 5) is 11.9. The highest BCUT2D eigenvalue weighted by molar-refractivity contribution is 5.89. The molecule has 0 heterocycles. The van der Waals surface area contributed by atoms with Crippen LogP contribution in [0.2, 0.25) is 0 Å². The third kappa shape index (κ3) is 3.58. The Kier molecular flexibility index (Phi) is 4.74. The van der Waals surface area contributed by atoms with Crippen molar-refractivity contribution in [3.05, 3.63) is 0 Å². The standard InChI is InChI=1S/C12H23NO2/c1-3-7-15-9-11(14)12(13)6-4-5-10(2)8-12/h10H,3-9,13H2,1-2H3. The smallest absolute Gasteiger partial charge is 0.178 e. The number of ketones is 1. The van der Waals surface area contributed by atoms with Gasteiger partial charge in [-0.15, -0.1) is 0 Å². The van der Waals surface area contributed by atoms with E-state index >= 15 is 0 Å². The van der Waals surface area contributed by atoms with Gasteiger partial charge in [0.05, 0.1) is 5.54 Å². The van der Waals surface area contributed by atoms with Gasteiger partial charge < -0.3 is 10.5 Å². The third-order valence-corrected chi connectivity index (χ3v) is 3.17. The van der Waals surface area contributed by atoms with Crippen molar-refractivity contribution in [3.8, 4) is 0 Å². The Morgan fingerprint density at radius 1 is 1.60 bits per heavy atom. The zero-order valence-electron chi connectivity index (χ0n) is 9.92.